The van der Waals surface area contributed by atoms with Crippen molar-refractivity contribution in [2.45, 2.75) is 25.6 Å². The highest BCUT2D eigenvalue weighted by atomic mass is 16.5. The van der Waals surface area contributed by atoms with Gasteiger partial charge in [0.05, 0.1) is 23.5 Å². The minimum Gasteiger partial charge on any atom is -0.362 e. The van der Waals surface area contributed by atoms with Crippen LogP contribution in [0.4, 0.5) is 0 Å². The fourth-order valence-corrected chi connectivity index (χ4v) is 3.06. The molecule has 3 heterocycles. The molecule has 3 unspecified atom stereocenters. The molecular formula is C11H13NO3. The molecule has 2 fully saturated rings. The molecule has 0 radical (unpaired) electrons. The molecule has 3 rings (SSSR count). The molecule has 3 aliphatic heterocycles. The molecular weight excluding hydrogens is 194 g/mol. The van der Waals surface area contributed by atoms with Crippen molar-refractivity contribution in [1.82, 2.24) is 4.90 Å². The first-order valence-corrected chi connectivity index (χ1v) is 5.15. The van der Waals surface area contributed by atoms with Crippen molar-refractivity contribution in [2.75, 3.05) is 7.05 Å². The van der Waals surface area contributed by atoms with Crippen LogP contribution in [0.1, 0.15) is 13.8 Å². The van der Waals surface area contributed by atoms with Gasteiger partial charge in [0.25, 0.3) is 0 Å². The summed E-state index contributed by atoms with van der Waals surface area (Å²) in [5.41, 5.74) is 0.525. The van der Waals surface area contributed by atoms with Crippen LogP contribution < -0.4 is 0 Å². The number of hydrogen-bond acceptors (Lipinski definition) is 3. The first-order chi connectivity index (χ1) is 6.97. The summed E-state index contributed by atoms with van der Waals surface area (Å²) in [6, 6.07) is 0. The van der Waals surface area contributed by atoms with Crippen molar-refractivity contribution in [2.24, 2.45) is 11.8 Å². The van der Waals surface area contributed by atoms with Crippen molar-refractivity contribution >= 4 is 11.8 Å². The van der Waals surface area contributed by atoms with Crippen LogP contribution in [0, 0.1) is 11.8 Å². The maximum absolute atomic E-state index is 11.9. The summed E-state index contributed by atoms with van der Waals surface area (Å²) in [6.45, 7) is 3.88. The highest BCUT2D eigenvalue weighted by molar-refractivity contribution is 6.07. The minimum atomic E-state index is -0.549. The molecule has 0 saturated carbocycles. The topological polar surface area (TPSA) is 46.6 Å². The lowest BCUT2D eigenvalue weighted by molar-refractivity contribution is -0.142. The zero-order valence-corrected chi connectivity index (χ0v) is 8.98. The number of nitrogens with zero attached hydrogens (tertiary/aromatic N) is 1. The number of imide groups is 1. The van der Waals surface area contributed by atoms with E-state index >= 15 is 0 Å². The number of ether oxygens (including phenoxy) is 1. The zero-order chi connectivity index (χ0) is 11.0. The van der Waals surface area contributed by atoms with Gasteiger partial charge in [-0.3, -0.25) is 14.5 Å². The van der Waals surface area contributed by atoms with Gasteiger partial charge in [-0.2, -0.15) is 0 Å². The van der Waals surface area contributed by atoms with Crippen LogP contribution in [-0.2, 0) is 14.3 Å². The Labute approximate surface area is 87.9 Å². The van der Waals surface area contributed by atoms with Gasteiger partial charge in [0.1, 0.15) is 0 Å². The van der Waals surface area contributed by atoms with Crippen LogP contribution in [0.3, 0.4) is 0 Å². The fraction of sp³-hybridized carbons (Fsp3) is 0.636. The highest BCUT2D eigenvalue weighted by Gasteiger charge is 2.66. The van der Waals surface area contributed by atoms with Crippen molar-refractivity contribution in [3.8, 4) is 0 Å². The number of carbonyl (C=O) groups excluding carboxylic acids is 2. The summed E-state index contributed by atoms with van der Waals surface area (Å²) in [6.07, 6.45) is 1.78. The van der Waals surface area contributed by atoms with E-state index in [9.17, 15) is 9.59 Å². The molecule has 0 N–H and O–H groups in total. The van der Waals surface area contributed by atoms with Gasteiger partial charge in [-0.1, -0.05) is 6.08 Å². The molecule has 4 nitrogen and oxygen atoms in total. The smallest absolute Gasteiger partial charge is 0.236 e. The Hall–Kier alpha value is -1.16. The average Bonchev–Trinajstić information content (AvgIpc) is 2.70. The first kappa shape index (κ1) is 9.09. The maximum atomic E-state index is 11.9. The van der Waals surface area contributed by atoms with E-state index in [2.05, 4.69) is 0 Å². The quantitative estimate of drug-likeness (QED) is 0.425. The van der Waals surface area contributed by atoms with Crippen molar-refractivity contribution in [1.29, 1.82) is 0 Å². The van der Waals surface area contributed by atoms with Gasteiger partial charge < -0.3 is 4.74 Å². The lowest BCUT2D eigenvalue weighted by Gasteiger charge is -2.27. The second-order valence-electron chi connectivity index (χ2n) is 4.78. The third kappa shape index (κ3) is 0.785. The highest BCUT2D eigenvalue weighted by Crippen LogP contribution is 2.54. The molecule has 4 heteroatoms. The lowest BCUT2D eigenvalue weighted by Crippen LogP contribution is -2.39. The van der Waals surface area contributed by atoms with E-state index in [0.717, 1.165) is 5.57 Å². The summed E-state index contributed by atoms with van der Waals surface area (Å²) >= 11 is 0. The third-order valence-corrected chi connectivity index (χ3v) is 4.10. The van der Waals surface area contributed by atoms with Gasteiger partial charge >= 0.3 is 0 Å². The Bertz CT molecular complexity index is 414. The molecule has 3 aliphatic rings. The minimum absolute atomic E-state index is 0.0949. The maximum Gasteiger partial charge on any atom is 0.236 e. The van der Waals surface area contributed by atoms with Crippen molar-refractivity contribution < 1.29 is 14.3 Å². The van der Waals surface area contributed by atoms with Crippen molar-refractivity contribution in [3.05, 3.63) is 11.6 Å². The predicted molar refractivity (Wildman–Crippen MR) is 51.8 cm³/mol. The van der Waals surface area contributed by atoms with Gasteiger partial charge in [0, 0.05) is 7.05 Å². The number of fused-ring (bicyclic) bond motifs is 5. The van der Waals surface area contributed by atoms with Crippen LogP contribution in [0.15, 0.2) is 11.6 Å². The molecule has 0 aromatic carbocycles. The van der Waals surface area contributed by atoms with Crippen LogP contribution >= 0.6 is 0 Å². The first-order valence-electron chi connectivity index (χ1n) is 5.15. The predicted octanol–water partition coefficient (Wildman–Crippen LogP) is 0.335. The zero-order valence-electron chi connectivity index (χ0n) is 8.98. The Morgan fingerprint density at radius 3 is 2.73 bits per heavy atom. The number of likely N-dealkylation sites (tertiary alicyclic amines) is 1. The summed E-state index contributed by atoms with van der Waals surface area (Å²) in [4.78, 5) is 25.0. The average molecular weight is 207 g/mol. The number of hydrogen-bond donors (Lipinski definition) is 0. The fourth-order valence-electron chi connectivity index (χ4n) is 3.06. The molecule has 15 heavy (non-hydrogen) atoms. The van der Waals surface area contributed by atoms with Crippen LogP contribution in [-0.4, -0.2) is 35.5 Å². The summed E-state index contributed by atoms with van der Waals surface area (Å²) < 4.78 is 5.77. The van der Waals surface area contributed by atoms with Gasteiger partial charge in [0.2, 0.25) is 11.8 Å². The molecule has 0 aliphatic carbocycles. The van der Waals surface area contributed by atoms with E-state index in [4.69, 9.17) is 4.74 Å². The van der Waals surface area contributed by atoms with Crippen LogP contribution in [0.2, 0.25) is 0 Å². The molecule has 2 bridgehead atoms. The third-order valence-electron chi connectivity index (χ3n) is 4.10. The molecule has 0 aromatic rings. The summed E-state index contributed by atoms with van der Waals surface area (Å²) in [5, 5.41) is 0. The molecule has 80 valence electrons. The standard InChI is InChI=1S/C11H13NO3/c1-5-4-6-7-8(11(5,2)15-6)10(14)12(3)9(7)13/h4,6-8H,1-3H3/t6?,7?,8?,11-/m0/s1. The Morgan fingerprint density at radius 2 is 2.07 bits per heavy atom. The van der Waals surface area contributed by atoms with E-state index in [-0.39, 0.29) is 29.8 Å². The molecule has 2 saturated heterocycles. The second-order valence-corrected chi connectivity index (χ2v) is 4.78. The van der Waals surface area contributed by atoms with E-state index < -0.39 is 5.60 Å². The number of carbonyl (C=O) groups is 2. The molecule has 0 aromatic heterocycles. The largest absolute Gasteiger partial charge is 0.362 e. The monoisotopic (exact) mass is 207 g/mol. The molecule has 2 amide bonds. The van der Waals surface area contributed by atoms with Gasteiger partial charge in [0.15, 0.2) is 0 Å². The number of amides is 2. The Balaban J connectivity index is 2.14. The van der Waals surface area contributed by atoms with E-state index in [1.165, 1.54) is 4.90 Å². The van der Waals surface area contributed by atoms with Crippen LogP contribution in [0.25, 0.3) is 0 Å². The second kappa shape index (κ2) is 2.32. The van der Waals surface area contributed by atoms with E-state index in [0.29, 0.717) is 0 Å². The summed E-state index contributed by atoms with van der Waals surface area (Å²) in [5.74, 6) is -0.772. The van der Waals surface area contributed by atoms with Crippen LogP contribution in [0.5, 0.6) is 0 Å². The van der Waals surface area contributed by atoms with Crippen molar-refractivity contribution in [3.63, 3.8) is 0 Å². The van der Waals surface area contributed by atoms with Gasteiger partial charge in [-0.15, -0.1) is 0 Å². The SMILES string of the molecule is CC1=CC2O[C@]1(C)C1C(=O)N(C)C(=O)C21. The van der Waals surface area contributed by atoms with E-state index in [1.54, 1.807) is 7.05 Å². The van der Waals surface area contributed by atoms with Gasteiger partial charge in [-0.05, 0) is 19.4 Å². The molecule has 0 spiro atoms. The van der Waals surface area contributed by atoms with E-state index in [1.807, 2.05) is 19.9 Å². The normalized spacial score (nSPS) is 47.5. The Kier molecular flexibility index (Phi) is 1.41. The number of rotatable bonds is 0. The Morgan fingerprint density at radius 1 is 1.40 bits per heavy atom. The molecule has 4 atom stereocenters. The van der Waals surface area contributed by atoms with Gasteiger partial charge in [-0.25, -0.2) is 0 Å². The summed E-state index contributed by atoms with van der Waals surface area (Å²) in [7, 11) is 1.56. The lowest BCUT2D eigenvalue weighted by atomic mass is 9.74.